The van der Waals surface area contributed by atoms with Crippen LogP contribution in [0.2, 0.25) is 0 Å². The molecule has 2 aromatic rings. The lowest BCUT2D eigenvalue weighted by Gasteiger charge is -2.19. The Morgan fingerprint density at radius 1 is 1.36 bits per heavy atom. The van der Waals surface area contributed by atoms with Crippen LogP contribution in [0.1, 0.15) is 29.8 Å². The average Bonchev–Trinajstić information content (AvgIpc) is 3.22. The molecule has 2 heterocycles. The number of nitrogen functional groups attached to an aromatic ring is 1. The van der Waals surface area contributed by atoms with Gasteiger partial charge in [0.15, 0.2) is 0 Å². The van der Waals surface area contributed by atoms with Crippen LogP contribution < -0.4 is 16.0 Å². The maximum atomic E-state index is 5.85. The Hall–Kier alpha value is -2.31. The van der Waals surface area contributed by atoms with Crippen molar-refractivity contribution < 1.29 is 0 Å². The zero-order valence-corrected chi connectivity index (χ0v) is 13.6. The number of aromatic nitrogens is 4. The maximum Gasteiger partial charge on any atom is 0.223 e. The third-order valence-electron chi connectivity index (χ3n) is 4.10. The minimum Gasteiger partial charge on any atom is -0.368 e. The van der Waals surface area contributed by atoms with E-state index < -0.39 is 0 Å². The Balaban J connectivity index is 1.81. The van der Waals surface area contributed by atoms with Crippen molar-refractivity contribution in [1.29, 1.82) is 0 Å². The van der Waals surface area contributed by atoms with E-state index in [0.717, 1.165) is 23.9 Å². The van der Waals surface area contributed by atoms with Crippen LogP contribution in [0.15, 0.2) is 6.07 Å². The molecule has 7 nitrogen and oxygen atoms in total. The van der Waals surface area contributed by atoms with Crippen LogP contribution >= 0.6 is 0 Å². The highest BCUT2D eigenvalue weighted by molar-refractivity contribution is 5.53. The summed E-state index contributed by atoms with van der Waals surface area (Å²) in [4.78, 5) is 10.7. The van der Waals surface area contributed by atoms with Gasteiger partial charge in [0.1, 0.15) is 11.6 Å². The van der Waals surface area contributed by atoms with Gasteiger partial charge in [0.05, 0.1) is 5.69 Å². The first-order chi connectivity index (χ1) is 10.4. The van der Waals surface area contributed by atoms with Gasteiger partial charge in [-0.3, -0.25) is 4.68 Å². The number of nitrogens with one attached hydrogen (secondary N) is 1. The summed E-state index contributed by atoms with van der Waals surface area (Å²) in [5, 5.41) is 7.83. The molecular formula is C15H23N7. The Morgan fingerprint density at radius 3 is 2.68 bits per heavy atom. The van der Waals surface area contributed by atoms with Gasteiger partial charge < -0.3 is 16.0 Å². The lowest BCUT2D eigenvalue weighted by atomic mass is 10.2. The summed E-state index contributed by atoms with van der Waals surface area (Å²) in [5.41, 5.74) is 9.28. The van der Waals surface area contributed by atoms with Gasteiger partial charge in [-0.05, 0) is 26.7 Å². The van der Waals surface area contributed by atoms with E-state index in [1.807, 2.05) is 31.8 Å². The fourth-order valence-corrected chi connectivity index (χ4v) is 2.52. The van der Waals surface area contributed by atoms with Gasteiger partial charge in [0.25, 0.3) is 0 Å². The number of hydrogen-bond acceptors (Lipinski definition) is 6. The summed E-state index contributed by atoms with van der Waals surface area (Å²) < 4.78 is 1.91. The molecule has 1 aliphatic rings. The highest BCUT2D eigenvalue weighted by Gasteiger charge is 2.22. The molecule has 1 fully saturated rings. The van der Waals surface area contributed by atoms with Crippen molar-refractivity contribution in [2.24, 2.45) is 7.05 Å². The van der Waals surface area contributed by atoms with E-state index in [2.05, 4.69) is 32.2 Å². The summed E-state index contributed by atoms with van der Waals surface area (Å²) in [6.45, 7) is 4.85. The van der Waals surface area contributed by atoms with Crippen molar-refractivity contribution in [3.63, 3.8) is 0 Å². The highest BCUT2D eigenvalue weighted by atomic mass is 15.3. The standard InChI is InChI=1S/C15H23N7/c1-9-12(10(2)22(4)20-9)8-21(3)14-7-13(17-11-5-6-11)18-15(16)19-14/h7,11H,5-6,8H2,1-4H3,(H3,16,17,18,19). The first kappa shape index (κ1) is 14.6. The van der Waals surface area contributed by atoms with Gasteiger partial charge in [0.2, 0.25) is 5.95 Å². The van der Waals surface area contributed by atoms with E-state index in [4.69, 9.17) is 5.73 Å². The van der Waals surface area contributed by atoms with Crippen molar-refractivity contribution >= 4 is 17.6 Å². The molecule has 118 valence electrons. The molecule has 1 saturated carbocycles. The van der Waals surface area contributed by atoms with E-state index in [1.54, 1.807) is 0 Å². The molecule has 0 aliphatic heterocycles. The lowest BCUT2D eigenvalue weighted by Crippen LogP contribution is -2.20. The lowest BCUT2D eigenvalue weighted by molar-refractivity contribution is 0.729. The van der Waals surface area contributed by atoms with Crippen LogP contribution in [0.3, 0.4) is 0 Å². The van der Waals surface area contributed by atoms with Crippen molar-refractivity contribution in [3.05, 3.63) is 23.0 Å². The first-order valence-corrected chi connectivity index (χ1v) is 7.55. The molecule has 0 aromatic carbocycles. The quantitative estimate of drug-likeness (QED) is 0.873. The average molecular weight is 301 g/mol. The molecule has 1 aliphatic carbocycles. The van der Waals surface area contributed by atoms with Crippen molar-refractivity contribution in [1.82, 2.24) is 19.7 Å². The third-order valence-corrected chi connectivity index (χ3v) is 4.10. The van der Waals surface area contributed by atoms with Crippen LogP contribution in [-0.4, -0.2) is 32.8 Å². The van der Waals surface area contributed by atoms with Crippen molar-refractivity contribution in [3.8, 4) is 0 Å². The fourth-order valence-electron chi connectivity index (χ4n) is 2.52. The number of anilines is 3. The summed E-state index contributed by atoms with van der Waals surface area (Å²) in [6, 6.07) is 2.49. The maximum absolute atomic E-state index is 5.85. The molecule has 0 radical (unpaired) electrons. The largest absolute Gasteiger partial charge is 0.368 e. The van der Waals surface area contributed by atoms with Gasteiger partial charge in [-0.15, -0.1) is 0 Å². The second-order valence-electron chi connectivity index (χ2n) is 6.02. The summed E-state index contributed by atoms with van der Waals surface area (Å²) in [6.07, 6.45) is 2.40. The number of hydrogen-bond donors (Lipinski definition) is 2. The first-order valence-electron chi connectivity index (χ1n) is 7.55. The summed E-state index contributed by atoms with van der Waals surface area (Å²) in [5.74, 6) is 1.92. The molecule has 0 bridgehead atoms. The molecule has 3 N–H and O–H groups in total. The molecule has 3 rings (SSSR count). The Bertz CT molecular complexity index is 687. The SMILES string of the molecule is Cc1nn(C)c(C)c1CN(C)c1cc(NC2CC2)nc(N)n1. The van der Waals surface area contributed by atoms with E-state index >= 15 is 0 Å². The van der Waals surface area contributed by atoms with Gasteiger partial charge in [-0.2, -0.15) is 15.1 Å². The zero-order valence-electron chi connectivity index (χ0n) is 13.6. The van der Waals surface area contributed by atoms with Crippen LogP contribution in [0, 0.1) is 13.8 Å². The normalized spacial score (nSPS) is 14.2. The van der Waals surface area contributed by atoms with Gasteiger partial charge >= 0.3 is 0 Å². The number of aryl methyl sites for hydroxylation is 2. The predicted octanol–water partition coefficient (Wildman–Crippen LogP) is 1.62. The summed E-state index contributed by atoms with van der Waals surface area (Å²) >= 11 is 0. The molecule has 7 heteroatoms. The van der Waals surface area contributed by atoms with E-state index in [9.17, 15) is 0 Å². The minimum absolute atomic E-state index is 0.298. The molecule has 0 atom stereocenters. The molecule has 0 unspecified atom stereocenters. The molecule has 0 saturated heterocycles. The third kappa shape index (κ3) is 2.98. The molecular weight excluding hydrogens is 278 g/mol. The molecule has 22 heavy (non-hydrogen) atoms. The van der Waals surface area contributed by atoms with Crippen LogP contribution in [0.25, 0.3) is 0 Å². The Morgan fingerprint density at radius 2 is 2.09 bits per heavy atom. The fraction of sp³-hybridized carbons (Fsp3) is 0.533. The van der Waals surface area contributed by atoms with Gasteiger partial charge in [-0.25, -0.2) is 0 Å². The number of nitrogens with zero attached hydrogens (tertiary/aromatic N) is 5. The van der Waals surface area contributed by atoms with Crippen LogP contribution in [0.4, 0.5) is 17.6 Å². The predicted molar refractivity (Wildman–Crippen MR) is 87.9 cm³/mol. The minimum atomic E-state index is 0.298. The van der Waals surface area contributed by atoms with Crippen molar-refractivity contribution in [2.45, 2.75) is 39.3 Å². The second-order valence-corrected chi connectivity index (χ2v) is 6.02. The van der Waals surface area contributed by atoms with Gasteiger partial charge in [0, 0.05) is 44.0 Å². The monoisotopic (exact) mass is 301 g/mol. The Labute approximate surface area is 130 Å². The number of nitrogens with two attached hydrogens (primary N) is 1. The summed E-state index contributed by atoms with van der Waals surface area (Å²) in [7, 11) is 3.97. The molecule has 0 spiro atoms. The van der Waals surface area contributed by atoms with Crippen LogP contribution in [0.5, 0.6) is 0 Å². The van der Waals surface area contributed by atoms with E-state index in [-0.39, 0.29) is 0 Å². The highest BCUT2D eigenvalue weighted by Crippen LogP contribution is 2.26. The van der Waals surface area contributed by atoms with Gasteiger partial charge in [-0.1, -0.05) is 0 Å². The van der Waals surface area contributed by atoms with E-state index in [0.29, 0.717) is 12.0 Å². The van der Waals surface area contributed by atoms with Crippen molar-refractivity contribution in [2.75, 3.05) is 23.0 Å². The van der Waals surface area contributed by atoms with E-state index in [1.165, 1.54) is 24.1 Å². The number of rotatable bonds is 5. The molecule has 0 amide bonds. The molecule has 2 aromatic heterocycles. The Kier molecular flexibility index (Phi) is 3.64. The smallest absolute Gasteiger partial charge is 0.223 e. The second kappa shape index (κ2) is 5.47. The topological polar surface area (TPSA) is 84.9 Å². The zero-order chi connectivity index (χ0) is 15.9. The van der Waals surface area contributed by atoms with Crippen LogP contribution in [-0.2, 0) is 13.6 Å².